The van der Waals surface area contributed by atoms with Crippen molar-refractivity contribution in [3.05, 3.63) is 71.8 Å². The zero-order valence-corrected chi connectivity index (χ0v) is 14.3. The van der Waals surface area contributed by atoms with Gasteiger partial charge in [-0.15, -0.1) is 0 Å². The first-order valence-corrected chi connectivity index (χ1v) is 8.49. The maximum absolute atomic E-state index is 9.00. The van der Waals surface area contributed by atoms with Crippen LogP contribution in [0, 0.1) is 0 Å². The molecule has 3 rings (SSSR count). The van der Waals surface area contributed by atoms with Crippen LogP contribution in [-0.2, 0) is 21.4 Å². The fourth-order valence-corrected chi connectivity index (χ4v) is 3.24. The van der Waals surface area contributed by atoms with E-state index >= 15 is 0 Å². The van der Waals surface area contributed by atoms with E-state index in [9.17, 15) is 0 Å². The quantitative estimate of drug-likeness (QED) is 0.882. The number of carboxylic acid groups (broad SMARTS) is 1. The lowest BCUT2D eigenvalue weighted by atomic mass is 9.75. The van der Waals surface area contributed by atoms with Crippen LogP contribution in [0.2, 0.25) is 0 Å². The zero-order valence-electron chi connectivity index (χ0n) is 14.3. The van der Waals surface area contributed by atoms with Gasteiger partial charge in [-0.2, -0.15) is 0 Å². The van der Waals surface area contributed by atoms with E-state index in [1.54, 1.807) is 0 Å². The van der Waals surface area contributed by atoms with E-state index in [0.29, 0.717) is 0 Å². The third-order valence-electron chi connectivity index (χ3n) is 4.45. The third-order valence-corrected chi connectivity index (χ3v) is 4.45. The third kappa shape index (κ3) is 5.50. The van der Waals surface area contributed by atoms with Gasteiger partial charge in [0.1, 0.15) is 0 Å². The molecule has 0 spiro atoms. The van der Waals surface area contributed by atoms with Crippen molar-refractivity contribution in [2.45, 2.75) is 38.0 Å². The van der Waals surface area contributed by atoms with Gasteiger partial charge in [0.05, 0.1) is 6.61 Å². The number of hydrogen-bond acceptors (Lipinski definition) is 2. The van der Waals surface area contributed by atoms with Crippen LogP contribution in [-0.4, -0.2) is 24.3 Å². The van der Waals surface area contributed by atoms with E-state index < -0.39 is 5.97 Å². The Morgan fingerprint density at radius 3 is 2.21 bits per heavy atom. The van der Waals surface area contributed by atoms with Crippen molar-refractivity contribution in [3.8, 4) is 0 Å². The van der Waals surface area contributed by atoms with Gasteiger partial charge >= 0.3 is 0 Å². The standard InChI is InChI=1S/C19H22O.C2H4O2/c1-3-8-17(9-4-1)10-7-13-19(14-15-20-16-19)18-11-5-2-6-12-18;1-2(3)4/h1-6,8-9,11-12H,7,10,13-16H2;1H3,(H,3,4). The molecule has 0 aliphatic carbocycles. The topological polar surface area (TPSA) is 46.5 Å². The van der Waals surface area contributed by atoms with Crippen LogP contribution >= 0.6 is 0 Å². The Kier molecular flexibility index (Phi) is 7.01. The highest BCUT2D eigenvalue weighted by atomic mass is 16.5. The minimum absolute atomic E-state index is 0.246. The van der Waals surface area contributed by atoms with Crippen LogP contribution in [0.4, 0.5) is 0 Å². The van der Waals surface area contributed by atoms with Crippen molar-refractivity contribution in [2.24, 2.45) is 0 Å². The first-order valence-electron chi connectivity index (χ1n) is 8.49. The fraction of sp³-hybridized carbons (Fsp3) is 0.381. The Morgan fingerprint density at radius 1 is 1.08 bits per heavy atom. The molecule has 0 radical (unpaired) electrons. The van der Waals surface area contributed by atoms with Gasteiger partial charge in [-0.3, -0.25) is 4.79 Å². The van der Waals surface area contributed by atoms with Crippen molar-refractivity contribution >= 4 is 5.97 Å². The molecule has 3 heteroatoms. The molecule has 1 fully saturated rings. The average Bonchev–Trinajstić information content (AvgIpc) is 3.06. The molecule has 0 bridgehead atoms. The zero-order chi connectivity index (χ0) is 17.3. The summed E-state index contributed by atoms with van der Waals surface area (Å²) in [4.78, 5) is 9.00. The molecule has 24 heavy (non-hydrogen) atoms. The minimum Gasteiger partial charge on any atom is -0.481 e. The predicted octanol–water partition coefficient (Wildman–Crippen LogP) is 4.46. The molecule has 1 saturated heterocycles. The number of benzene rings is 2. The second-order valence-corrected chi connectivity index (χ2v) is 6.31. The van der Waals surface area contributed by atoms with Crippen LogP contribution in [0.5, 0.6) is 0 Å². The first kappa shape index (κ1) is 18.2. The van der Waals surface area contributed by atoms with Gasteiger partial charge in [-0.05, 0) is 36.8 Å². The molecule has 1 unspecified atom stereocenters. The number of hydrogen-bond donors (Lipinski definition) is 1. The SMILES string of the molecule is CC(=O)O.c1ccc(CCCC2(c3ccccc3)CCOC2)cc1. The van der Waals surface area contributed by atoms with Crippen molar-refractivity contribution < 1.29 is 14.6 Å². The summed E-state index contributed by atoms with van der Waals surface area (Å²) in [7, 11) is 0. The monoisotopic (exact) mass is 326 g/mol. The highest BCUT2D eigenvalue weighted by Gasteiger charge is 2.35. The van der Waals surface area contributed by atoms with Crippen molar-refractivity contribution in [1.29, 1.82) is 0 Å². The lowest BCUT2D eigenvalue weighted by Crippen LogP contribution is -2.26. The number of carboxylic acids is 1. The summed E-state index contributed by atoms with van der Waals surface area (Å²) in [6.07, 6.45) is 4.76. The van der Waals surface area contributed by atoms with Crippen molar-refractivity contribution in [3.63, 3.8) is 0 Å². The van der Waals surface area contributed by atoms with E-state index in [-0.39, 0.29) is 5.41 Å². The van der Waals surface area contributed by atoms with Crippen molar-refractivity contribution in [2.75, 3.05) is 13.2 Å². The molecule has 3 nitrogen and oxygen atoms in total. The van der Waals surface area contributed by atoms with Gasteiger partial charge in [-0.1, -0.05) is 60.7 Å². The Hall–Kier alpha value is -2.13. The molecule has 1 aliphatic rings. The lowest BCUT2D eigenvalue weighted by Gasteiger charge is -2.28. The normalized spacial score (nSPS) is 19.4. The second-order valence-electron chi connectivity index (χ2n) is 6.31. The fourth-order valence-electron chi connectivity index (χ4n) is 3.24. The van der Waals surface area contributed by atoms with Gasteiger partial charge < -0.3 is 9.84 Å². The van der Waals surface area contributed by atoms with Crippen LogP contribution in [0.1, 0.15) is 37.3 Å². The largest absolute Gasteiger partial charge is 0.481 e. The highest BCUT2D eigenvalue weighted by Crippen LogP contribution is 2.37. The van der Waals surface area contributed by atoms with Crippen LogP contribution in [0.15, 0.2) is 60.7 Å². The summed E-state index contributed by atoms with van der Waals surface area (Å²) >= 11 is 0. The lowest BCUT2D eigenvalue weighted by molar-refractivity contribution is -0.134. The van der Waals surface area contributed by atoms with Crippen LogP contribution < -0.4 is 0 Å². The van der Waals surface area contributed by atoms with Gasteiger partial charge in [0.2, 0.25) is 0 Å². The number of rotatable bonds is 5. The van der Waals surface area contributed by atoms with Gasteiger partial charge in [-0.25, -0.2) is 0 Å². The van der Waals surface area contributed by atoms with Gasteiger partial charge in [0.25, 0.3) is 5.97 Å². The molecule has 1 N–H and O–H groups in total. The van der Waals surface area contributed by atoms with Crippen LogP contribution in [0.3, 0.4) is 0 Å². The van der Waals surface area contributed by atoms with E-state index in [2.05, 4.69) is 60.7 Å². The number of aliphatic carboxylic acids is 1. The molecule has 1 aliphatic heterocycles. The van der Waals surface area contributed by atoms with E-state index in [4.69, 9.17) is 14.6 Å². The Labute approximate surface area is 144 Å². The number of aryl methyl sites for hydroxylation is 1. The van der Waals surface area contributed by atoms with Crippen molar-refractivity contribution in [1.82, 2.24) is 0 Å². The summed E-state index contributed by atoms with van der Waals surface area (Å²) in [5.41, 5.74) is 3.14. The van der Waals surface area contributed by atoms with E-state index in [0.717, 1.165) is 33.0 Å². The smallest absolute Gasteiger partial charge is 0.300 e. The Morgan fingerprint density at radius 2 is 1.67 bits per heavy atom. The van der Waals surface area contributed by atoms with Gasteiger partial charge in [0.15, 0.2) is 0 Å². The summed E-state index contributed by atoms with van der Waals surface area (Å²) in [5.74, 6) is -0.833. The molecule has 2 aromatic rings. The molecule has 0 aromatic heterocycles. The highest BCUT2D eigenvalue weighted by molar-refractivity contribution is 5.62. The molecule has 128 valence electrons. The molecular formula is C21H26O3. The van der Waals surface area contributed by atoms with Gasteiger partial charge in [0, 0.05) is 18.9 Å². The summed E-state index contributed by atoms with van der Waals surface area (Å²) in [6.45, 7) is 2.87. The maximum atomic E-state index is 9.00. The summed E-state index contributed by atoms with van der Waals surface area (Å²) in [5, 5.41) is 7.42. The molecule has 2 aromatic carbocycles. The molecule has 0 amide bonds. The Bertz CT molecular complexity index is 597. The van der Waals surface area contributed by atoms with E-state index in [1.165, 1.54) is 24.0 Å². The summed E-state index contributed by atoms with van der Waals surface area (Å²) in [6, 6.07) is 21.7. The predicted molar refractivity (Wildman–Crippen MR) is 96.2 cm³/mol. The summed E-state index contributed by atoms with van der Waals surface area (Å²) < 4.78 is 5.72. The molecular weight excluding hydrogens is 300 g/mol. The number of ether oxygens (including phenoxy) is 1. The maximum Gasteiger partial charge on any atom is 0.300 e. The first-order chi connectivity index (χ1) is 11.6. The Balaban J connectivity index is 0.000000471. The second kappa shape index (κ2) is 9.24. The number of carbonyl (C=O) groups is 1. The molecule has 1 heterocycles. The average molecular weight is 326 g/mol. The molecule has 1 atom stereocenters. The molecule has 0 saturated carbocycles. The van der Waals surface area contributed by atoms with Crippen LogP contribution in [0.25, 0.3) is 0 Å². The van der Waals surface area contributed by atoms with E-state index in [1.807, 2.05) is 0 Å². The minimum atomic E-state index is -0.833.